The standard InChI is InChI=1S/C15H14F5NO/c1-2-9-6-7-10(16)12(13(9)17)14(22)21-8-4-3-5-11(21)15(18,19)20/h2,6-7,11H,1,3-5,8H2. The van der Waals surface area contributed by atoms with Gasteiger partial charge in [-0.05, 0) is 31.4 Å². The average molecular weight is 319 g/mol. The lowest BCUT2D eigenvalue weighted by atomic mass is 9.99. The highest BCUT2D eigenvalue weighted by Crippen LogP contribution is 2.33. The molecule has 2 nitrogen and oxygen atoms in total. The van der Waals surface area contributed by atoms with E-state index in [1.165, 1.54) is 0 Å². The van der Waals surface area contributed by atoms with Crippen molar-refractivity contribution in [3.8, 4) is 0 Å². The normalized spacial score (nSPS) is 19.1. The summed E-state index contributed by atoms with van der Waals surface area (Å²) in [5.41, 5.74) is -1.10. The van der Waals surface area contributed by atoms with Crippen LogP contribution in [0.5, 0.6) is 0 Å². The van der Waals surface area contributed by atoms with Crippen LogP contribution in [0.2, 0.25) is 0 Å². The second-order valence-electron chi connectivity index (χ2n) is 5.08. The van der Waals surface area contributed by atoms with Gasteiger partial charge in [0.2, 0.25) is 0 Å². The van der Waals surface area contributed by atoms with Crippen LogP contribution in [0.1, 0.15) is 35.2 Å². The van der Waals surface area contributed by atoms with E-state index in [2.05, 4.69) is 6.58 Å². The molecule has 0 radical (unpaired) electrons. The Morgan fingerprint density at radius 2 is 1.95 bits per heavy atom. The van der Waals surface area contributed by atoms with Crippen molar-refractivity contribution in [1.82, 2.24) is 4.90 Å². The van der Waals surface area contributed by atoms with E-state index in [4.69, 9.17) is 0 Å². The van der Waals surface area contributed by atoms with Crippen molar-refractivity contribution < 1.29 is 26.7 Å². The molecular weight excluding hydrogens is 305 g/mol. The monoisotopic (exact) mass is 319 g/mol. The summed E-state index contributed by atoms with van der Waals surface area (Å²) in [5, 5.41) is 0. The lowest BCUT2D eigenvalue weighted by molar-refractivity contribution is -0.183. The third-order valence-corrected chi connectivity index (χ3v) is 3.70. The smallest absolute Gasteiger partial charge is 0.326 e. The number of amides is 1. The van der Waals surface area contributed by atoms with Gasteiger partial charge >= 0.3 is 6.18 Å². The molecule has 22 heavy (non-hydrogen) atoms. The largest absolute Gasteiger partial charge is 0.408 e. The Hall–Kier alpha value is -1.92. The molecule has 7 heteroatoms. The Labute approximate surface area is 124 Å². The maximum absolute atomic E-state index is 14.1. The van der Waals surface area contributed by atoms with Gasteiger partial charge in [0, 0.05) is 12.1 Å². The number of carbonyl (C=O) groups is 1. The van der Waals surface area contributed by atoms with Gasteiger partial charge in [-0.25, -0.2) is 8.78 Å². The van der Waals surface area contributed by atoms with Crippen molar-refractivity contribution >= 4 is 12.0 Å². The molecule has 0 aromatic heterocycles. The average Bonchev–Trinajstić information content (AvgIpc) is 2.46. The summed E-state index contributed by atoms with van der Waals surface area (Å²) in [7, 11) is 0. The maximum atomic E-state index is 14.1. The Kier molecular flexibility index (Phi) is 4.53. The number of likely N-dealkylation sites (tertiary alicyclic amines) is 1. The summed E-state index contributed by atoms with van der Waals surface area (Å²) < 4.78 is 67.0. The van der Waals surface area contributed by atoms with Gasteiger partial charge in [0.1, 0.15) is 23.2 Å². The molecule has 0 saturated carbocycles. The first-order valence-electron chi connectivity index (χ1n) is 6.75. The first-order valence-corrected chi connectivity index (χ1v) is 6.75. The van der Waals surface area contributed by atoms with Crippen molar-refractivity contribution in [3.05, 3.63) is 41.5 Å². The second kappa shape index (κ2) is 6.06. The van der Waals surface area contributed by atoms with Crippen LogP contribution in [0.15, 0.2) is 18.7 Å². The fourth-order valence-electron chi connectivity index (χ4n) is 2.58. The third kappa shape index (κ3) is 2.98. The van der Waals surface area contributed by atoms with Crippen LogP contribution in [0, 0.1) is 11.6 Å². The molecule has 1 heterocycles. The third-order valence-electron chi connectivity index (χ3n) is 3.70. The minimum absolute atomic E-state index is 0.134. The maximum Gasteiger partial charge on any atom is 0.408 e. The van der Waals surface area contributed by atoms with E-state index in [9.17, 15) is 26.7 Å². The molecular formula is C15H14F5NO. The molecule has 1 fully saturated rings. The molecule has 0 N–H and O–H groups in total. The van der Waals surface area contributed by atoms with Crippen LogP contribution in [0.4, 0.5) is 22.0 Å². The first-order chi connectivity index (χ1) is 10.3. The van der Waals surface area contributed by atoms with Crippen LogP contribution >= 0.6 is 0 Å². The van der Waals surface area contributed by atoms with Crippen molar-refractivity contribution in [2.75, 3.05) is 6.54 Å². The summed E-state index contributed by atoms with van der Waals surface area (Å²) in [6.45, 7) is 3.14. The van der Waals surface area contributed by atoms with Crippen molar-refractivity contribution in [2.24, 2.45) is 0 Å². The van der Waals surface area contributed by atoms with Gasteiger partial charge in [-0.3, -0.25) is 4.79 Å². The highest BCUT2D eigenvalue weighted by atomic mass is 19.4. The zero-order valence-electron chi connectivity index (χ0n) is 11.6. The van der Waals surface area contributed by atoms with E-state index in [1.807, 2.05) is 0 Å². The van der Waals surface area contributed by atoms with E-state index in [1.54, 1.807) is 0 Å². The Bertz CT molecular complexity index is 596. The van der Waals surface area contributed by atoms with Gasteiger partial charge in [0.25, 0.3) is 5.91 Å². The minimum Gasteiger partial charge on any atom is -0.326 e. The Morgan fingerprint density at radius 3 is 2.55 bits per heavy atom. The van der Waals surface area contributed by atoms with Gasteiger partial charge < -0.3 is 4.90 Å². The van der Waals surface area contributed by atoms with Crippen molar-refractivity contribution in [3.63, 3.8) is 0 Å². The highest BCUT2D eigenvalue weighted by Gasteiger charge is 2.47. The molecule has 2 rings (SSSR count). The molecule has 1 unspecified atom stereocenters. The Balaban J connectivity index is 2.44. The van der Waals surface area contributed by atoms with E-state index >= 15 is 0 Å². The topological polar surface area (TPSA) is 20.3 Å². The molecule has 0 aliphatic carbocycles. The lowest BCUT2D eigenvalue weighted by Gasteiger charge is -2.36. The lowest BCUT2D eigenvalue weighted by Crippen LogP contribution is -2.51. The van der Waals surface area contributed by atoms with E-state index in [0.717, 1.165) is 18.2 Å². The van der Waals surface area contributed by atoms with Gasteiger partial charge in [-0.15, -0.1) is 0 Å². The molecule has 1 amide bonds. The van der Waals surface area contributed by atoms with Gasteiger partial charge in [0.15, 0.2) is 0 Å². The second-order valence-corrected chi connectivity index (χ2v) is 5.08. The minimum atomic E-state index is -4.63. The fraction of sp³-hybridized carbons (Fsp3) is 0.400. The van der Waals surface area contributed by atoms with Crippen LogP contribution in [-0.2, 0) is 0 Å². The molecule has 1 aromatic rings. The first kappa shape index (κ1) is 16.5. The number of nitrogens with zero attached hydrogens (tertiary/aromatic N) is 1. The molecule has 1 atom stereocenters. The van der Waals surface area contributed by atoms with Crippen LogP contribution in [0.3, 0.4) is 0 Å². The number of halogens is 5. The molecule has 0 bridgehead atoms. The van der Waals surface area contributed by atoms with Crippen LogP contribution < -0.4 is 0 Å². The van der Waals surface area contributed by atoms with Crippen LogP contribution in [0.25, 0.3) is 6.08 Å². The number of hydrogen-bond donors (Lipinski definition) is 0. The fourth-order valence-corrected chi connectivity index (χ4v) is 2.58. The van der Waals surface area contributed by atoms with Gasteiger partial charge in [-0.2, -0.15) is 13.2 Å². The van der Waals surface area contributed by atoms with Crippen molar-refractivity contribution in [2.45, 2.75) is 31.5 Å². The summed E-state index contributed by atoms with van der Waals surface area (Å²) in [5.74, 6) is -3.65. The summed E-state index contributed by atoms with van der Waals surface area (Å²) in [6.07, 6.45) is -3.14. The van der Waals surface area contributed by atoms with E-state index in [0.29, 0.717) is 17.7 Å². The summed E-state index contributed by atoms with van der Waals surface area (Å²) >= 11 is 0. The number of hydrogen-bond acceptors (Lipinski definition) is 1. The zero-order chi connectivity index (χ0) is 16.5. The van der Waals surface area contributed by atoms with Gasteiger partial charge in [-0.1, -0.05) is 12.7 Å². The zero-order valence-corrected chi connectivity index (χ0v) is 11.6. The molecule has 120 valence electrons. The molecule has 1 aromatic carbocycles. The number of benzene rings is 1. The molecule has 1 saturated heterocycles. The molecule has 1 aliphatic rings. The van der Waals surface area contributed by atoms with Gasteiger partial charge in [0.05, 0.1) is 0 Å². The van der Waals surface area contributed by atoms with Crippen molar-refractivity contribution in [1.29, 1.82) is 0 Å². The quantitative estimate of drug-likeness (QED) is 0.749. The SMILES string of the molecule is C=Cc1ccc(F)c(C(=O)N2CCCCC2C(F)(F)F)c1F. The van der Waals surface area contributed by atoms with Crippen LogP contribution in [-0.4, -0.2) is 29.6 Å². The summed E-state index contributed by atoms with van der Waals surface area (Å²) in [6, 6.07) is -0.0916. The number of rotatable bonds is 2. The summed E-state index contributed by atoms with van der Waals surface area (Å²) in [4.78, 5) is 12.8. The van der Waals surface area contributed by atoms with E-state index in [-0.39, 0.29) is 18.5 Å². The number of alkyl halides is 3. The highest BCUT2D eigenvalue weighted by molar-refractivity contribution is 5.95. The van der Waals surface area contributed by atoms with E-state index < -0.39 is 35.3 Å². The molecule has 0 spiro atoms. The molecule has 1 aliphatic heterocycles. The number of carbonyl (C=O) groups excluding carboxylic acids is 1. The predicted molar refractivity (Wildman–Crippen MR) is 71.2 cm³/mol. The predicted octanol–water partition coefficient (Wildman–Crippen LogP) is 4.16. The Morgan fingerprint density at radius 1 is 1.27 bits per heavy atom. The number of piperidine rings is 1.